The Morgan fingerprint density at radius 1 is 1.04 bits per heavy atom. The molecule has 0 N–H and O–H groups in total. The molecule has 2 heterocycles. The van der Waals surface area contributed by atoms with Crippen molar-refractivity contribution < 1.29 is 18.6 Å². The van der Waals surface area contributed by atoms with E-state index in [-0.39, 0.29) is 5.43 Å². The monoisotopic (exact) mass is 381 g/mol. The summed E-state index contributed by atoms with van der Waals surface area (Å²) < 4.78 is 22.1. The molecule has 2 aromatic carbocycles. The van der Waals surface area contributed by atoms with Crippen LogP contribution in [0.1, 0.15) is 0 Å². The van der Waals surface area contributed by atoms with Gasteiger partial charge in [0.05, 0.1) is 31.3 Å². The molecule has 6 nitrogen and oxygen atoms in total. The van der Waals surface area contributed by atoms with Crippen molar-refractivity contribution in [2.75, 3.05) is 46.6 Å². The highest BCUT2D eigenvalue weighted by Crippen LogP contribution is 2.24. The lowest BCUT2D eigenvalue weighted by molar-refractivity contribution is 0.0322. The fraction of sp³-hybridized carbons (Fsp3) is 0.318. The molecule has 1 aliphatic heterocycles. The number of hydrogen-bond donors (Lipinski definition) is 0. The molecule has 0 spiro atoms. The number of hydrogen-bond acceptors (Lipinski definition) is 6. The van der Waals surface area contributed by atoms with Crippen LogP contribution >= 0.6 is 0 Å². The number of ether oxygens (including phenoxy) is 3. The van der Waals surface area contributed by atoms with Crippen molar-refractivity contribution in [3.05, 3.63) is 59.0 Å². The smallest absolute Gasteiger partial charge is 0.200 e. The zero-order chi connectivity index (χ0) is 19.3. The first-order chi connectivity index (χ1) is 13.7. The van der Waals surface area contributed by atoms with Crippen molar-refractivity contribution in [2.45, 2.75) is 0 Å². The average molecular weight is 381 g/mol. The summed E-state index contributed by atoms with van der Waals surface area (Å²) in [7, 11) is 1.61. The maximum atomic E-state index is 12.9. The van der Waals surface area contributed by atoms with Crippen LogP contribution in [0.2, 0.25) is 0 Å². The Hall–Kier alpha value is -2.83. The van der Waals surface area contributed by atoms with E-state index in [4.69, 9.17) is 18.6 Å². The molecule has 28 heavy (non-hydrogen) atoms. The summed E-state index contributed by atoms with van der Waals surface area (Å²) in [5.74, 6) is 1.44. The van der Waals surface area contributed by atoms with Crippen LogP contribution in [0.4, 0.5) is 0 Å². The van der Waals surface area contributed by atoms with E-state index >= 15 is 0 Å². The number of benzene rings is 2. The summed E-state index contributed by atoms with van der Waals surface area (Å²) in [6.07, 6.45) is 1.50. The molecule has 1 saturated heterocycles. The molecule has 0 radical (unpaired) electrons. The van der Waals surface area contributed by atoms with Gasteiger partial charge in [0.15, 0.2) is 5.43 Å². The lowest BCUT2D eigenvalue weighted by Gasteiger charge is -2.26. The van der Waals surface area contributed by atoms with E-state index in [1.165, 1.54) is 6.26 Å². The van der Waals surface area contributed by atoms with Crippen molar-refractivity contribution in [1.29, 1.82) is 0 Å². The topological polar surface area (TPSA) is 61.1 Å². The summed E-state index contributed by atoms with van der Waals surface area (Å²) in [6, 6.07) is 12.7. The van der Waals surface area contributed by atoms with Gasteiger partial charge in [-0.05, 0) is 29.8 Å². The van der Waals surface area contributed by atoms with Gasteiger partial charge in [0, 0.05) is 25.7 Å². The van der Waals surface area contributed by atoms with Gasteiger partial charge in [-0.1, -0.05) is 12.1 Å². The molecule has 0 aliphatic carbocycles. The SMILES string of the molecule is COc1ccc(-c2coc3cc(OCCN4CCOCC4)ccc3c2=O)cc1. The predicted octanol–water partition coefficient (Wildman–Crippen LogP) is 3.18. The maximum absolute atomic E-state index is 12.9. The maximum Gasteiger partial charge on any atom is 0.200 e. The second-order valence-corrected chi connectivity index (χ2v) is 6.67. The van der Waals surface area contributed by atoms with Crippen LogP contribution in [0.5, 0.6) is 11.5 Å². The average Bonchev–Trinajstić information content (AvgIpc) is 2.75. The van der Waals surface area contributed by atoms with E-state index < -0.39 is 0 Å². The Morgan fingerprint density at radius 2 is 1.79 bits per heavy atom. The van der Waals surface area contributed by atoms with Gasteiger partial charge in [-0.3, -0.25) is 9.69 Å². The standard InChI is InChI=1S/C22H23NO5/c1-25-17-4-2-16(3-5-17)20-15-28-21-14-18(6-7-19(21)22(20)24)27-13-10-23-8-11-26-12-9-23/h2-7,14-15H,8-13H2,1H3. The fourth-order valence-electron chi connectivity index (χ4n) is 3.29. The Morgan fingerprint density at radius 3 is 2.54 bits per heavy atom. The van der Waals surface area contributed by atoms with Gasteiger partial charge in [-0.25, -0.2) is 0 Å². The fourth-order valence-corrected chi connectivity index (χ4v) is 3.29. The highest BCUT2D eigenvalue weighted by atomic mass is 16.5. The van der Waals surface area contributed by atoms with E-state index in [0.29, 0.717) is 28.9 Å². The van der Waals surface area contributed by atoms with Crippen LogP contribution in [0.3, 0.4) is 0 Å². The van der Waals surface area contributed by atoms with Gasteiger partial charge >= 0.3 is 0 Å². The van der Waals surface area contributed by atoms with Crippen LogP contribution in [-0.4, -0.2) is 51.5 Å². The van der Waals surface area contributed by atoms with Crippen molar-refractivity contribution in [1.82, 2.24) is 4.90 Å². The Kier molecular flexibility index (Phi) is 5.60. The van der Waals surface area contributed by atoms with Crippen molar-refractivity contribution in [2.24, 2.45) is 0 Å². The molecule has 0 bridgehead atoms. The number of nitrogens with zero attached hydrogens (tertiary/aromatic N) is 1. The van der Waals surface area contributed by atoms with Gasteiger partial charge in [0.2, 0.25) is 0 Å². The van der Waals surface area contributed by atoms with Gasteiger partial charge in [0.1, 0.15) is 30.0 Å². The summed E-state index contributed by atoms with van der Waals surface area (Å²) >= 11 is 0. The molecule has 146 valence electrons. The zero-order valence-corrected chi connectivity index (χ0v) is 15.8. The van der Waals surface area contributed by atoms with Crippen molar-refractivity contribution in [3.8, 4) is 22.6 Å². The second kappa shape index (κ2) is 8.46. The summed E-state index contributed by atoms with van der Waals surface area (Å²) in [6.45, 7) is 4.85. The molecule has 6 heteroatoms. The zero-order valence-electron chi connectivity index (χ0n) is 15.8. The van der Waals surface area contributed by atoms with Crippen LogP contribution in [0.25, 0.3) is 22.1 Å². The predicted molar refractivity (Wildman–Crippen MR) is 107 cm³/mol. The van der Waals surface area contributed by atoms with E-state index in [0.717, 1.165) is 44.2 Å². The largest absolute Gasteiger partial charge is 0.497 e. The Bertz CT molecular complexity index is 990. The van der Waals surface area contributed by atoms with Crippen molar-refractivity contribution in [3.63, 3.8) is 0 Å². The molecule has 0 atom stereocenters. The number of methoxy groups -OCH3 is 1. The van der Waals surface area contributed by atoms with Crippen LogP contribution < -0.4 is 14.9 Å². The minimum absolute atomic E-state index is 0.0636. The lowest BCUT2D eigenvalue weighted by Crippen LogP contribution is -2.38. The van der Waals surface area contributed by atoms with E-state index in [1.54, 1.807) is 19.2 Å². The molecule has 4 rings (SSSR count). The van der Waals surface area contributed by atoms with Crippen LogP contribution in [-0.2, 0) is 4.74 Å². The minimum atomic E-state index is -0.0636. The number of fused-ring (bicyclic) bond motifs is 1. The Balaban J connectivity index is 1.49. The molecular formula is C22H23NO5. The second-order valence-electron chi connectivity index (χ2n) is 6.67. The van der Waals surface area contributed by atoms with Gasteiger partial charge in [-0.15, -0.1) is 0 Å². The molecule has 1 fully saturated rings. The highest BCUT2D eigenvalue weighted by molar-refractivity contribution is 5.82. The minimum Gasteiger partial charge on any atom is -0.497 e. The molecule has 1 aromatic heterocycles. The van der Waals surface area contributed by atoms with Crippen molar-refractivity contribution >= 4 is 11.0 Å². The third kappa shape index (κ3) is 4.03. The normalized spacial score (nSPS) is 14.9. The first-order valence-electron chi connectivity index (χ1n) is 9.37. The van der Waals surface area contributed by atoms with E-state index in [1.807, 2.05) is 30.3 Å². The molecule has 1 aliphatic rings. The van der Waals surface area contributed by atoms with E-state index in [9.17, 15) is 4.79 Å². The third-order valence-electron chi connectivity index (χ3n) is 4.93. The van der Waals surface area contributed by atoms with Gasteiger partial charge in [0.25, 0.3) is 0 Å². The van der Waals surface area contributed by atoms with Gasteiger partial charge < -0.3 is 18.6 Å². The molecule has 0 saturated carbocycles. The van der Waals surface area contributed by atoms with Gasteiger partial charge in [-0.2, -0.15) is 0 Å². The molecule has 0 unspecified atom stereocenters. The number of rotatable bonds is 6. The summed E-state index contributed by atoms with van der Waals surface area (Å²) in [4.78, 5) is 15.2. The van der Waals surface area contributed by atoms with Crippen LogP contribution in [0, 0.1) is 0 Å². The highest BCUT2D eigenvalue weighted by Gasteiger charge is 2.12. The summed E-state index contributed by atoms with van der Waals surface area (Å²) in [5, 5.41) is 0.536. The number of morpholine rings is 1. The summed E-state index contributed by atoms with van der Waals surface area (Å²) in [5.41, 5.74) is 1.77. The quantitative estimate of drug-likeness (QED) is 0.654. The van der Waals surface area contributed by atoms with E-state index in [2.05, 4.69) is 4.90 Å². The first kappa shape index (κ1) is 18.5. The van der Waals surface area contributed by atoms with Crippen LogP contribution in [0.15, 0.2) is 57.9 Å². The molecule has 3 aromatic rings. The Labute approximate surface area is 163 Å². The first-order valence-corrected chi connectivity index (χ1v) is 9.37. The molecular weight excluding hydrogens is 358 g/mol. The molecule has 0 amide bonds. The third-order valence-corrected chi connectivity index (χ3v) is 4.93. The lowest BCUT2D eigenvalue weighted by atomic mass is 10.1.